The summed E-state index contributed by atoms with van der Waals surface area (Å²) >= 11 is 0. The zero-order chi connectivity index (χ0) is 20.9. The van der Waals surface area contributed by atoms with E-state index >= 15 is 0 Å². The molecule has 0 heterocycles. The van der Waals surface area contributed by atoms with E-state index in [1.165, 1.54) is 19.1 Å². The van der Waals surface area contributed by atoms with Gasteiger partial charge in [-0.05, 0) is 43.2 Å². The number of carboxylic acids is 1. The lowest BCUT2D eigenvalue weighted by atomic mass is 9.87. The van der Waals surface area contributed by atoms with E-state index < -0.39 is 35.8 Å². The van der Waals surface area contributed by atoms with Crippen LogP contribution < -0.4 is 15.2 Å². The first-order chi connectivity index (χ1) is 13.0. The van der Waals surface area contributed by atoms with Gasteiger partial charge >= 0.3 is 6.36 Å². The van der Waals surface area contributed by atoms with E-state index in [1.54, 1.807) is 12.1 Å². The molecule has 150 valence electrons. The molecule has 2 atom stereocenters. The van der Waals surface area contributed by atoms with E-state index in [2.05, 4.69) is 10.1 Å². The maximum Gasteiger partial charge on any atom is 0.573 e. The summed E-state index contributed by atoms with van der Waals surface area (Å²) < 4.78 is 40.3. The monoisotopic (exact) mass is 394 g/mol. The van der Waals surface area contributed by atoms with Crippen LogP contribution >= 0.6 is 0 Å². The van der Waals surface area contributed by atoms with Gasteiger partial charge in [-0.3, -0.25) is 4.79 Å². The third-order valence-electron chi connectivity index (χ3n) is 4.25. The van der Waals surface area contributed by atoms with Crippen LogP contribution in [0.1, 0.15) is 18.1 Å². The predicted molar refractivity (Wildman–Crippen MR) is 94.3 cm³/mol. The molecule has 1 amide bonds. The lowest BCUT2D eigenvalue weighted by Crippen LogP contribution is -2.40. The number of halogens is 3. The standard InChI is InChI=1S/C20H20F3NO4/c1-12-3-5-14(6-4-12)11-17(19(26)27)13(2)18(25)24-15-7-9-16(10-8-15)28-20(21,22)23/h3-10,13,17H,11H2,1-2H3,(H,24,25)(H,26,27)/p-1/t13-,17-/m1/s1. The molecule has 0 unspecified atom stereocenters. The maximum absolute atomic E-state index is 12.4. The Morgan fingerprint density at radius 1 is 1.07 bits per heavy atom. The van der Waals surface area contributed by atoms with Crippen molar-refractivity contribution in [1.29, 1.82) is 0 Å². The van der Waals surface area contributed by atoms with Crippen LogP contribution in [-0.4, -0.2) is 18.2 Å². The number of aliphatic carboxylic acids is 1. The van der Waals surface area contributed by atoms with Crippen LogP contribution in [-0.2, 0) is 16.0 Å². The molecule has 0 spiro atoms. The van der Waals surface area contributed by atoms with Crippen molar-refractivity contribution >= 4 is 17.6 Å². The quantitative estimate of drug-likeness (QED) is 0.783. The normalized spacial score (nSPS) is 13.5. The van der Waals surface area contributed by atoms with Gasteiger partial charge in [-0.2, -0.15) is 0 Å². The fourth-order valence-corrected chi connectivity index (χ4v) is 2.62. The summed E-state index contributed by atoms with van der Waals surface area (Å²) in [5.41, 5.74) is 2.00. The molecule has 0 aliphatic heterocycles. The molecule has 0 saturated heterocycles. The molecule has 0 saturated carbocycles. The number of rotatable bonds is 7. The number of anilines is 1. The fraction of sp³-hybridized carbons (Fsp3) is 0.300. The molecule has 2 rings (SSSR count). The number of benzene rings is 2. The summed E-state index contributed by atoms with van der Waals surface area (Å²) in [5.74, 6) is -4.33. The Bertz CT molecular complexity index is 817. The van der Waals surface area contributed by atoms with E-state index in [0.29, 0.717) is 0 Å². The first-order valence-corrected chi connectivity index (χ1v) is 8.48. The molecule has 0 fully saturated rings. The van der Waals surface area contributed by atoms with E-state index in [1.807, 2.05) is 19.1 Å². The third kappa shape index (κ3) is 6.29. The van der Waals surface area contributed by atoms with Crippen LogP contribution in [0.15, 0.2) is 48.5 Å². The molecule has 5 nitrogen and oxygen atoms in total. The van der Waals surface area contributed by atoms with Gasteiger partial charge in [0.1, 0.15) is 5.75 Å². The third-order valence-corrected chi connectivity index (χ3v) is 4.25. The average Bonchev–Trinajstić information content (AvgIpc) is 2.60. The minimum absolute atomic E-state index is 0.121. The van der Waals surface area contributed by atoms with Crippen LogP contribution in [0.4, 0.5) is 18.9 Å². The van der Waals surface area contributed by atoms with Crippen molar-refractivity contribution in [2.75, 3.05) is 5.32 Å². The molecule has 8 heteroatoms. The van der Waals surface area contributed by atoms with Gasteiger partial charge in [0.25, 0.3) is 0 Å². The lowest BCUT2D eigenvalue weighted by Gasteiger charge is -2.24. The molecule has 2 aromatic rings. The number of hydrogen-bond donors (Lipinski definition) is 1. The van der Waals surface area contributed by atoms with Crippen LogP contribution in [0.5, 0.6) is 5.75 Å². The summed E-state index contributed by atoms with van der Waals surface area (Å²) in [6.45, 7) is 3.37. The first-order valence-electron chi connectivity index (χ1n) is 8.48. The van der Waals surface area contributed by atoms with Crippen molar-refractivity contribution in [3.8, 4) is 5.75 Å². The number of ether oxygens (including phenoxy) is 1. The molecule has 0 bridgehead atoms. The second-order valence-electron chi connectivity index (χ2n) is 6.47. The van der Waals surface area contributed by atoms with Crippen molar-refractivity contribution in [2.24, 2.45) is 11.8 Å². The lowest BCUT2D eigenvalue weighted by molar-refractivity contribution is -0.312. The highest BCUT2D eigenvalue weighted by Gasteiger charge is 2.31. The second kappa shape index (κ2) is 8.77. The van der Waals surface area contributed by atoms with Crippen LogP contribution in [0.3, 0.4) is 0 Å². The summed E-state index contributed by atoms with van der Waals surface area (Å²) in [6, 6.07) is 11.8. The second-order valence-corrected chi connectivity index (χ2v) is 6.47. The molecule has 2 aromatic carbocycles. The molecular formula is C20H19F3NO4-. The topological polar surface area (TPSA) is 78.5 Å². The average molecular weight is 394 g/mol. The van der Waals surface area contributed by atoms with E-state index in [9.17, 15) is 27.9 Å². The Balaban J connectivity index is 2.04. The van der Waals surface area contributed by atoms with Gasteiger partial charge in [-0.15, -0.1) is 13.2 Å². The number of carbonyl (C=O) groups is 2. The molecule has 0 aliphatic carbocycles. The summed E-state index contributed by atoms with van der Waals surface area (Å²) in [4.78, 5) is 23.9. The fourth-order valence-electron chi connectivity index (χ4n) is 2.62. The Labute approximate surface area is 160 Å². The first kappa shape index (κ1) is 21.3. The van der Waals surface area contributed by atoms with Gasteiger partial charge in [0, 0.05) is 23.5 Å². The van der Waals surface area contributed by atoms with Gasteiger partial charge in [0.2, 0.25) is 5.91 Å². The molecular weight excluding hydrogens is 375 g/mol. The smallest absolute Gasteiger partial charge is 0.550 e. The molecule has 1 N–H and O–H groups in total. The maximum atomic E-state index is 12.4. The van der Waals surface area contributed by atoms with Gasteiger partial charge in [-0.1, -0.05) is 36.8 Å². The largest absolute Gasteiger partial charge is 0.573 e. The van der Waals surface area contributed by atoms with Crippen molar-refractivity contribution in [2.45, 2.75) is 26.6 Å². The van der Waals surface area contributed by atoms with Crippen molar-refractivity contribution < 1.29 is 32.6 Å². The molecule has 0 radical (unpaired) electrons. The van der Waals surface area contributed by atoms with Crippen molar-refractivity contribution in [3.05, 3.63) is 59.7 Å². The van der Waals surface area contributed by atoms with Gasteiger partial charge in [0.15, 0.2) is 0 Å². The minimum atomic E-state index is -4.81. The molecule has 0 aliphatic rings. The minimum Gasteiger partial charge on any atom is -0.550 e. The zero-order valence-electron chi connectivity index (χ0n) is 15.2. The Kier molecular flexibility index (Phi) is 6.66. The molecule has 0 aromatic heterocycles. The van der Waals surface area contributed by atoms with Crippen molar-refractivity contribution in [3.63, 3.8) is 0 Å². The van der Waals surface area contributed by atoms with E-state index in [4.69, 9.17) is 0 Å². The summed E-state index contributed by atoms with van der Waals surface area (Å²) in [5, 5.41) is 14.0. The van der Waals surface area contributed by atoms with Gasteiger partial charge in [-0.25, -0.2) is 0 Å². The van der Waals surface area contributed by atoms with Crippen LogP contribution in [0.2, 0.25) is 0 Å². The van der Waals surface area contributed by atoms with Crippen LogP contribution in [0.25, 0.3) is 0 Å². The summed E-state index contributed by atoms with van der Waals surface area (Å²) in [6.07, 6.45) is -4.69. The molecule has 28 heavy (non-hydrogen) atoms. The Hall–Kier alpha value is -3.03. The van der Waals surface area contributed by atoms with Gasteiger partial charge in [0.05, 0.1) is 0 Å². The number of alkyl halides is 3. The number of nitrogens with one attached hydrogen (secondary N) is 1. The highest BCUT2D eigenvalue weighted by Crippen LogP contribution is 2.25. The zero-order valence-corrected chi connectivity index (χ0v) is 15.2. The van der Waals surface area contributed by atoms with Crippen molar-refractivity contribution in [1.82, 2.24) is 0 Å². The Morgan fingerprint density at radius 2 is 1.64 bits per heavy atom. The van der Waals surface area contributed by atoms with Gasteiger partial charge < -0.3 is 20.0 Å². The number of hydrogen-bond acceptors (Lipinski definition) is 4. The highest BCUT2D eigenvalue weighted by atomic mass is 19.4. The van der Waals surface area contributed by atoms with Crippen LogP contribution in [0, 0.1) is 18.8 Å². The predicted octanol–water partition coefficient (Wildman–Crippen LogP) is 3.08. The number of carboxylic acid groups (broad SMARTS) is 1. The highest BCUT2D eigenvalue weighted by molar-refractivity contribution is 5.94. The SMILES string of the molecule is Cc1ccc(C[C@@H](C(=O)[O-])[C@@H](C)C(=O)Nc2ccc(OC(F)(F)F)cc2)cc1. The summed E-state index contributed by atoms with van der Waals surface area (Å²) in [7, 11) is 0. The number of aryl methyl sites for hydroxylation is 1. The number of amides is 1. The van der Waals surface area contributed by atoms with E-state index in [0.717, 1.165) is 23.3 Å². The number of carbonyl (C=O) groups excluding carboxylic acids is 2. The van der Waals surface area contributed by atoms with E-state index in [-0.39, 0.29) is 12.1 Å². The Morgan fingerprint density at radius 3 is 2.14 bits per heavy atom.